The van der Waals surface area contributed by atoms with Crippen molar-refractivity contribution in [2.24, 2.45) is 5.73 Å². The zero-order valence-corrected chi connectivity index (χ0v) is 13.9. The Morgan fingerprint density at radius 1 is 1.25 bits per heavy atom. The Bertz CT molecular complexity index is 730. The van der Waals surface area contributed by atoms with E-state index in [0.717, 1.165) is 24.2 Å². The van der Waals surface area contributed by atoms with E-state index in [0.29, 0.717) is 19.7 Å². The van der Waals surface area contributed by atoms with Crippen LogP contribution in [0.1, 0.15) is 23.1 Å². The Labute approximate surface area is 142 Å². The van der Waals surface area contributed by atoms with Crippen molar-refractivity contribution in [2.75, 3.05) is 23.9 Å². The number of hydrogen-bond acceptors (Lipinski definition) is 3. The SMILES string of the molecule is COCc1ccccc1CNc1ccc2c(c1)N(C(N)=O)CCC2. The molecular formula is C19H23N3O2. The highest BCUT2D eigenvalue weighted by atomic mass is 16.5. The van der Waals surface area contributed by atoms with Crippen molar-refractivity contribution in [1.82, 2.24) is 0 Å². The summed E-state index contributed by atoms with van der Waals surface area (Å²) < 4.78 is 5.25. The predicted octanol–water partition coefficient (Wildman–Crippen LogP) is 3.28. The summed E-state index contributed by atoms with van der Waals surface area (Å²) in [5.41, 5.74) is 10.9. The van der Waals surface area contributed by atoms with Gasteiger partial charge in [-0.1, -0.05) is 30.3 Å². The molecule has 2 aromatic carbocycles. The summed E-state index contributed by atoms with van der Waals surface area (Å²) in [6.07, 6.45) is 1.93. The molecule has 3 N–H and O–H groups in total. The number of ether oxygens (including phenoxy) is 1. The van der Waals surface area contributed by atoms with Crippen molar-refractivity contribution in [2.45, 2.75) is 26.0 Å². The van der Waals surface area contributed by atoms with E-state index in [1.54, 1.807) is 12.0 Å². The van der Waals surface area contributed by atoms with Gasteiger partial charge in [-0.3, -0.25) is 4.90 Å². The Morgan fingerprint density at radius 2 is 2.04 bits per heavy atom. The third-order valence-electron chi connectivity index (χ3n) is 4.37. The molecule has 126 valence electrons. The number of rotatable bonds is 5. The molecule has 0 atom stereocenters. The van der Waals surface area contributed by atoms with Crippen molar-refractivity contribution in [3.63, 3.8) is 0 Å². The second-order valence-electron chi connectivity index (χ2n) is 5.99. The Kier molecular flexibility index (Phi) is 5.01. The van der Waals surface area contributed by atoms with E-state index < -0.39 is 6.03 Å². The van der Waals surface area contributed by atoms with Crippen LogP contribution in [0.5, 0.6) is 0 Å². The first-order valence-electron chi connectivity index (χ1n) is 8.18. The average molecular weight is 325 g/mol. The van der Waals surface area contributed by atoms with Gasteiger partial charge in [0.1, 0.15) is 0 Å². The highest BCUT2D eigenvalue weighted by Crippen LogP contribution is 2.30. The highest BCUT2D eigenvalue weighted by Gasteiger charge is 2.20. The quantitative estimate of drug-likeness (QED) is 0.886. The van der Waals surface area contributed by atoms with Crippen molar-refractivity contribution < 1.29 is 9.53 Å². The minimum absolute atomic E-state index is 0.390. The van der Waals surface area contributed by atoms with Gasteiger partial charge in [-0.05, 0) is 41.7 Å². The van der Waals surface area contributed by atoms with Crippen LogP contribution in [0.15, 0.2) is 42.5 Å². The Morgan fingerprint density at radius 3 is 2.79 bits per heavy atom. The van der Waals surface area contributed by atoms with E-state index in [1.165, 1.54) is 16.7 Å². The molecule has 0 saturated heterocycles. The number of hydrogen-bond donors (Lipinski definition) is 2. The lowest BCUT2D eigenvalue weighted by molar-refractivity contribution is 0.184. The van der Waals surface area contributed by atoms with E-state index in [4.69, 9.17) is 10.5 Å². The van der Waals surface area contributed by atoms with Crippen LogP contribution in [0.25, 0.3) is 0 Å². The number of urea groups is 1. The van der Waals surface area contributed by atoms with Gasteiger partial charge in [0.25, 0.3) is 0 Å². The van der Waals surface area contributed by atoms with Crippen molar-refractivity contribution in [1.29, 1.82) is 0 Å². The number of carbonyl (C=O) groups is 1. The number of nitrogens with one attached hydrogen (secondary N) is 1. The summed E-state index contributed by atoms with van der Waals surface area (Å²) in [5, 5.41) is 3.44. The zero-order valence-electron chi connectivity index (χ0n) is 13.9. The third-order valence-corrected chi connectivity index (χ3v) is 4.37. The smallest absolute Gasteiger partial charge is 0.319 e. The second-order valence-corrected chi connectivity index (χ2v) is 5.99. The van der Waals surface area contributed by atoms with Gasteiger partial charge in [0.15, 0.2) is 0 Å². The maximum absolute atomic E-state index is 11.6. The lowest BCUT2D eigenvalue weighted by Gasteiger charge is -2.28. The van der Waals surface area contributed by atoms with Gasteiger partial charge in [-0.25, -0.2) is 4.79 Å². The number of nitrogens with zero attached hydrogens (tertiary/aromatic N) is 1. The molecule has 5 heteroatoms. The number of fused-ring (bicyclic) bond motifs is 1. The van der Waals surface area contributed by atoms with Gasteiger partial charge in [0, 0.05) is 25.9 Å². The molecule has 0 radical (unpaired) electrons. The number of nitrogens with two attached hydrogens (primary N) is 1. The van der Waals surface area contributed by atoms with E-state index in [9.17, 15) is 4.79 Å². The fourth-order valence-corrected chi connectivity index (χ4v) is 3.14. The van der Waals surface area contributed by atoms with Gasteiger partial charge in [0.05, 0.1) is 12.3 Å². The summed E-state index contributed by atoms with van der Waals surface area (Å²) in [4.78, 5) is 13.3. The Hall–Kier alpha value is -2.53. The van der Waals surface area contributed by atoms with E-state index in [2.05, 4.69) is 29.6 Å². The lowest BCUT2D eigenvalue weighted by atomic mass is 10.0. The van der Waals surface area contributed by atoms with E-state index in [-0.39, 0.29) is 0 Å². The molecule has 0 spiro atoms. The van der Waals surface area contributed by atoms with Crippen LogP contribution >= 0.6 is 0 Å². The third kappa shape index (κ3) is 3.51. The summed E-state index contributed by atoms with van der Waals surface area (Å²) in [5.74, 6) is 0. The largest absolute Gasteiger partial charge is 0.381 e. The van der Waals surface area contributed by atoms with Crippen LogP contribution in [0, 0.1) is 0 Å². The molecule has 1 aliphatic heterocycles. The first-order valence-corrected chi connectivity index (χ1v) is 8.18. The fraction of sp³-hybridized carbons (Fsp3) is 0.316. The van der Waals surface area contributed by atoms with Crippen LogP contribution in [-0.4, -0.2) is 19.7 Å². The number of anilines is 2. The number of aryl methyl sites for hydroxylation is 1. The molecule has 0 unspecified atom stereocenters. The number of amides is 2. The first kappa shape index (κ1) is 16.3. The van der Waals surface area contributed by atoms with Gasteiger partial charge < -0.3 is 15.8 Å². The van der Waals surface area contributed by atoms with Crippen LogP contribution in [0.4, 0.5) is 16.2 Å². The molecule has 0 saturated carbocycles. The standard InChI is InChI=1S/C19H23N3O2/c1-24-13-16-6-3-2-5-15(16)12-21-17-9-8-14-7-4-10-22(19(20)23)18(14)11-17/h2-3,5-6,8-9,11,21H,4,7,10,12-13H2,1H3,(H2,20,23). The first-order chi connectivity index (χ1) is 11.7. The molecule has 5 nitrogen and oxygen atoms in total. The van der Waals surface area contributed by atoms with Gasteiger partial charge >= 0.3 is 6.03 Å². The van der Waals surface area contributed by atoms with Crippen molar-refractivity contribution >= 4 is 17.4 Å². The molecule has 0 fully saturated rings. The number of carbonyl (C=O) groups excluding carboxylic acids is 1. The molecule has 24 heavy (non-hydrogen) atoms. The lowest BCUT2D eigenvalue weighted by Crippen LogP contribution is -2.39. The minimum Gasteiger partial charge on any atom is -0.381 e. The molecule has 2 aromatic rings. The molecule has 3 rings (SSSR count). The fourth-order valence-electron chi connectivity index (χ4n) is 3.14. The van der Waals surface area contributed by atoms with Gasteiger partial charge in [-0.2, -0.15) is 0 Å². The molecule has 0 bridgehead atoms. The second kappa shape index (κ2) is 7.36. The highest BCUT2D eigenvalue weighted by molar-refractivity contribution is 5.92. The van der Waals surface area contributed by atoms with Crippen molar-refractivity contribution in [3.05, 3.63) is 59.2 Å². The molecule has 1 heterocycles. The Balaban J connectivity index is 1.77. The summed E-state index contributed by atoms with van der Waals surface area (Å²) in [6.45, 7) is 1.98. The van der Waals surface area contributed by atoms with Crippen LogP contribution in [0.2, 0.25) is 0 Å². The predicted molar refractivity (Wildman–Crippen MR) is 96.2 cm³/mol. The molecule has 0 aliphatic carbocycles. The van der Waals surface area contributed by atoms with Gasteiger partial charge in [0.2, 0.25) is 0 Å². The summed E-state index contributed by atoms with van der Waals surface area (Å²) in [7, 11) is 1.70. The van der Waals surface area contributed by atoms with Crippen LogP contribution in [0.3, 0.4) is 0 Å². The van der Waals surface area contributed by atoms with Gasteiger partial charge in [-0.15, -0.1) is 0 Å². The maximum atomic E-state index is 11.6. The topological polar surface area (TPSA) is 67.6 Å². The maximum Gasteiger partial charge on any atom is 0.319 e. The summed E-state index contributed by atoms with van der Waals surface area (Å²) in [6, 6.07) is 14.0. The molecule has 2 amide bonds. The number of primary amides is 1. The monoisotopic (exact) mass is 325 g/mol. The number of benzene rings is 2. The van der Waals surface area contributed by atoms with Crippen molar-refractivity contribution in [3.8, 4) is 0 Å². The normalized spacial score (nSPS) is 13.5. The zero-order chi connectivity index (χ0) is 16.9. The molecular weight excluding hydrogens is 302 g/mol. The van der Waals surface area contributed by atoms with Crippen LogP contribution < -0.4 is 16.0 Å². The molecule has 0 aromatic heterocycles. The summed E-state index contributed by atoms with van der Waals surface area (Å²) >= 11 is 0. The average Bonchev–Trinajstić information content (AvgIpc) is 2.60. The van der Waals surface area contributed by atoms with Crippen LogP contribution in [-0.2, 0) is 24.3 Å². The van der Waals surface area contributed by atoms with E-state index in [1.807, 2.05) is 18.2 Å². The minimum atomic E-state index is -0.390. The number of methoxy groups -OCH3 is 1. The molecule has 1 aliphatic rings. The van der Waals surface area contributed by atoms with E-state index >= 15 is 0 Å².